The van der Waals surface area contributed by atoms with Gasteiger partial charge in [-0.15, -0.1) is 0 Å². The molecule has 0 aliphatic carbocycles. The third-order valence-corrected chi connectivity index (χ3v) is 4.87. The molecule has 0 saturated carbocycles. The molecule has 0 radical (unpaired) electrons. The normalized spacial score (nSPS) is 27.4. The van der Waals surface area contributed by atoms with E-state index in [1.807, 2.05) is 4.90 Å². The smallest absolute Gasteiger partial charge is 0.239 e. The summed E-state index contributed by atoms with van der Waals surface area (Å²) in [6.45, 7) is 11.3. The minimum Gasteiger partial charge on any atom is -0.378 e. The van der Waals surface area contributed by atoms with E-state index in [1.165, 1.54) is 19.3 Å². The minimum absolute atomic E-state index is 0.0190. The fourth-order valence-corrected chi connectivity index (χ4v) is 3.65. The molecule has 2 fully saturated rings. The van der Waals surface area contributed by atoms with Gasteiger partial charge in [0.1, 0.15) is 0 Å². The number of nitrogens with zero attached hydrogens (tertiary/aromatic N) is 2. The van der Waals surface area contributed by atoms with Crippen LogP contribution in [-0.2, 0) is 9.53 Å². The van der Waals surface area contributed by atoms with E-state index in [0.717, 1.165) is 26.2 Å². The van der Waals surface area contributed by atoms with Gasteiger partial charge in [-0.05, 0) is 39.8 Å². The maximum Gasteiger partial charge on any atom is 0.239 e. The van der Waals surface area contributed by atoms with Crippen LogP contribution in [0.5, 0.6) is 0 Å². The molecule has 1 amide bonds. The number of morpholine rings is 1. The number of piperidine rings is 1. The zero-order valence-electron chi connectivity index (χ0n) is 13.8. The Balaban J connectivity index is 1.99. The average molecular weight is 297 g/mol. The third kappa shape index (κ3) is 4.18. The summed E-state index contributed by atoms with van der Waals surface area (Å²) in [4.78, 5) is 17.1. The third-order valence-electron chi connectivity index (χ3n) is 4.87. The summed E-state index contributed by atoms with van der Waals surface area (Å²) in [7, 11) is 0. The monoisotopic (exact) mass is 297 g/mol. The Morgan fingerprint density at radius 2 is 1.95 bits per heavy atom. The van der Waals surface area contributed by atoms with Gasteiger partial charge in [-0.25, -0.2) is 0 Å². The first-order chi connectivity index (χ1) is 10.1. The lowest BCUT2D eigenvalue weighted by Gasteiger charge is -2.43. The number of hydrogen-bond donors (Lipinski definition) is 1. The minimum atomic E-state index is -0.0190. The van der Waals surface area contributed by atoms with Gasteiger partial charge in [0, 0.05) is 25.2 Å². The molecule has 0 aromatic carbocycles. The summed E-state index contributed by atoms with van der Waals surface area (Å²) in [6, 6.07) is 0.892. The Morgan fingerprint density at radius 3 is 2.62 bits per heavy atom. The Morgan fingerprint density at radius 1 is 1.24 bits per heavy atom. The molecule has 0 aromatic heterocycles. The van der Waals surface area contributed by atoms with Crippen molar-refractivity contribution >= 4 is 5.91 Å². The van der Waals surface area contributed by atoms with Gasteiger partial charge in [-0.3, -0.25) is 9.69 Å². The molecule has 0 bridgehead atoms. The van der Waals surface area contributed by atoms with Crippen LogP contribution in [0, 0.1) is 0 Å². The summed E-state index contributed by atoms with van der Waals surface area (Å²) < 4.78 is 5.35. The van der Waals surface area contributed by atoms with Crippen molar-refractivity contribution in [1.82, 2.24) is 15.1 Å². The van der Waals surface area contributed by atoms with Crippen molar-refractivity contribution in [3.63, 3.8) is 0 Å². The lowest BCUT2D eigenvalue weighted by Crippen LogP contribution is -2.58. The van der Waals surface area contributed by atoms with Crippen LogP contribution in [0.25, 0.3) is 0 Å². The largest absolute Gasteiger partial charge is 0.378 e. The highest BCUT2D eigenvalue weighted by molar-refractivity contribution is 5.81. The standard InChI is InChI=1S/C16H31N3O2/c1-4-17-13(2)15-7-5-6-8-19(15)14(3)16(20)18-9-11-21-12-10-18/h13-15,17H,4-12H2,1-3H3. The first-order valence-electron chi connectivity index (χ1n) is 8.50. The van der Waals surface area contributed by atoms with Crippen LogP contribution >= 0.6 is 0 Å². The summed E-state index contributed by atoms with van der Waals surface area (Å²) in [6.07, 6.45) is 3.67. The van der Waals surface area contributed by atoms with E-state index in [-0.39, 0.29) is 11.9 Å². The second kappa shape index (κ2) is 8.11. The molecular weight excluding hydrogens is 266 g/mol. The van der Waals surface area contributed by atoms with Gasteiger partial charge in [0.25, 0.3) is 0 Å². The number of rotatable bonds is 5. The summed E-state index contributed by atoms with van der Waals surface area (Å²) >= 11 is 0. The summed E-state index contributed by atoms with van der Waals surface area (Å²) in [5, 5.41) is 3.53. The topological polar surface area (TPSA) is 44.8 Å². The quantitative estimate of drug-likeness (QED) is 0.825. The average Bonchev–Trinajstić information content (AvgIpc) is 2.54. The Labute approximate surface area is 129 Å². The van der Waals surface area contributed by atoms with E-state index in [0.29, 0.717) is 25.3 Å². The zero-order valence-corrected chi connectivity index (χ0v) is 13.8. The van der Waals surface area contributed by atoms with E-state index in [1.54, 1.807) is 0 Å². The number of hydrogen-bond acceptors (Lipinski definition) is 4. The number of likely N-dealkylation sites (N-methyl/N-ethyl adjacent to an activating group) is 1. The predicted octanol–water partition coefficient (Wildman–Crippen LogP) is 1.09. The lowest BCUT2D eigenvalue weighted by molar-refractivity contribution is -0.142. The van der Waals surface area contributed by atoms with Gasteiger partial charge in [0.05, 0.1) is 19.3 Å². The highest BCUT2D eigenvalue weighted by atomic mass is 16.5. The van der Waals surface area contributed by atoms with Gasteiger partial charge in [-0.1, -0.05) is 13.3 Å². The van der Waals surface area contributed by atoms with Crippen molar-refractivity contribution in [2.75, 3.05) is 39.4 Å². The van der Waals surface area contributed by atoms with Crippen molar-refractivity contribution in [3.8, 4) is 0 Å². The molecule has 1 N–H and O–H groups in total. The highest BCUT2D eigenvalue weighted by Gasteiger charge is 2.35. The predicted molar refractivity (Wildman–Crippen MR) is 84.3 cm³/mol. The maximum atomic E-state index is 12.7. The molecule has 2 rings (SSSR count). The van der Waals surface area contributed by atoms with E-state index in [2.05, 4.69) is 31.0 Å². The van der Waals surface area contributed by atoms with Crippen LogP contribution in [0.15, 0.2) is 0 Å². The molecule has 21 heavy (non-hydrogen) atoms. The van der Waals surface area contributed by atoms with Crippen LogP contribution in [0.1, 0.15) is 40.0 Å². The Bertz CT molecular complexity index is 331. The van der Waals surface area contributed by atoms with Crippen LogP contribution in [0.3, 0.4) is 0 Å². The van der Waals surface area contributed by atoms with Crippen molar-refractivity contribution in [1.29, 1.82) is 0 Å². The Kier molecular flexibility index (Phi) is 6.45. The van der Waals surface area contributed by atoms with Crippen LogP contribution in [-0.4, -0.2) is 73.2 Å². The number of carbonyl (C=O) groups excluding carboxylic acids is 1. The molecule has 2 saturated heterocycles. The van der Waals surface area contributed by atoms with Crippen LogP contribution < -0.4 is 5.32 Å². The van der Waals surface area contributed by atoms with Crippen molar-refractivity contribution in [2.24, 2.45) is 0 Å². The molecule has 5 heteroatoms. The van der Waals surface area contributed by atoms with Gasteiger partial charge in [0.15, 0.2) is 0 Å². The Hall–Kier alpha value is -0.650. The van der Waals surface area contributed by atoms with E-state index < -0.39 is 0 Å². The molecular formula is C16H31N3O2. The first-order valence-corrected chi connectivity index (χ1v) is 8.50. The highest BCUT2D eigenvalue weighted by Crippen LogP contribution is 2.23. The van der Waals surface area contributed by atoms with Gasteiger partial charge < -0.3 is 15.0 Å². The number of nitrogens with one attached hydrogen (secondary N) is 1. The number of carbonyl (C=O) groups is 1. The van der Waals surface area contributed by atoms with Gasteiger partial charge >= 0.3 is 0 Å². The maximum absolute atomic E-state index is 12.7. The van der Waals surface area contributed by atoms with Crippen molar-refractivity contribution < 1.29 is 9.53 Å². The fourth-order valence-electron chi connectivity index (χ4n) is 3.65. The van der Waals surface area contributed by atoms with E-state index in [9.17, 15) is 4.79 Å². The fraction of sp³-hybridized carbons (Fsp3) is 0.938. The molecule has 3 atom stereocenters. The number of likely N-dealkylation sites (tertiary alicyclic amines) is 1. The molecule has 5 nitrogen and oxygen atoms in total. The summed E-state index contributed by atoms with van der Waals surface area (Å²) in [5.74, 6) is 0.272. The molecule has 0 aromatic rings. The molecule has 0 spiro atoms. The van der Waals surface area contributed by atoms with Gasteiger partial charge in [0.2, 0.25) is 5.91 Å². The second-order valence-corrected chi connectivity index (χ2v) is 6.26. The van der Waals surface area contributed by atoms with Crippen LogP contribution in [0.2, 0.25) is 0 Å². The SMILES string of the molecule is CCNC(C)C1CCCCN1C(C)C(=O)N1CCOCC1. The van der Waals surface area contributed by atoms with Gasteiger partial charge in [-0.2, -0.15) is 0 Å². The molecule has 122 valence electrons. The lowest BCUT2D eigenvalue weighted by atomic mass is 9.94. The summed E-state index contributed by atoms with van der Waals surface area (Å²) in [5.41, 5.74) is 0. The second-order valence-electron chi connectivity index (χ2n) is 6.26. The molecule has 2 aliphatic heterocycles. The van der Waals surface area contributed by atoms with E-state index >= 15 is 0 Å². The molecule has 3 unspecified atom stereocenters. The zero-order chi connectivity index (χ0) is 15.2. The molecule has 2 aliphatic rings. The number of amides is 1. The van der Waals surface area contributed by atoms with Crippen LogP contribution in [0.4, 0.5) is 0 Å². The van der Waals surface area contributed by atoms with Crippen molar-refractivity contribution in [2.45, 2.75) is 58.2 Å². The van der Waals surface area contributed by atoms with Crippen molar-refractivity contribution in [3.05, 3.63) is 0 Å². The van der Waals surface area contributed by atoms with E-state index in [4.69, 9.17) is 4.74 Å². The molecule has 2 heterocycles. The number of ether oxygens (including phenoxy) is 1. The first kappa shape index (κ1) is 16.7.